The number of benzene rings is 2. The number of nitrogens with one attached hydrogen (secondary N) is 1. The van der Waals surface area contributed by atoms with E-state index in [0.717, 1.165) is 21.7 Å². The summed E-state index contributed by atoms with van der Waals surface area (Å²) >= 11 is 1.36. The zero-order valence-corrected chi connectivity index (χ0v) is 15.9. The Balaban J connectivity index is 1.45. The van der Waals surface area contributed by atoms with E-state index in [1.165, 1.54) is 23.5 Å². The van der Waals surface area contributed by atoms with Crippen LogP contribution in [0, 0.1) is 12.7 Å². The Labute approximate surface area is 165 Å². The molecular weight excluding hydrogens is 379 g/mol. The van der Waals surface area contributed by atoms with Crippen LogP contribution in [0.4, 0.5) is 9.52 Å². The fourth-order valence-corrected chi connectivity index (χ4v) is 4.10. The van der Waals surface area contributed by atoms with Crippen LogP contribution in [0.25, 0.3) is 0 Å². The minimum atomic E-state index is -0.882. The van der Waals surface area contributed by atoms with Gasteiger partial charge in [0.2, 0.25) is 0 Å². The maximum absolute atomic E-state index is 13.1. The van der Waals surface area contributed by atoms with Crippen LogP contribution in [0.2, 0.25) is 0 Å². The second-order valence-electron chi connectivity index (χ2n) is 6.58. The summed E-state index contributed by atoms with van der Waals surface area (Å²) in [5, 5.41) is 3.20. The number of aromatic nitrogens is 1. The van der Waals surface area contributed by atoms with Crippen molar-refractivity contribution in [2.75, 3.05) is 5.32 Å². The number of cyclic esters (lactones) is 1. The van der Waals surface area contributed by atoms with Crippen molar-refractivity contribution in [2.45, 2.75) is 25.9 Å². The third-order valence-corrected chi connectivity index (χ3v) is 5.66. The quantitative estimate of drug-likeness (QED) is 0.679. The molecule has 0 bridgehead atoms. The highest BCUT2D eigenvalue weighted by atomic mass is 32.1. The number of nitrogens with zero attached hydrogens (tertiary/aromatic N) is 1. The molecule has 1 aliphatic rings. The Morgan fingerprint density at radius 1 is 1.25 bits per heavy atom. The lowest BCUT2D eigenvalue weighted by molar-refractivity contribution is -0.125. The summed E-state index contributed by atoms with van der Waals surface area (Å²) in [5.74, 6) is -1.17. The van der Waals surface area contributed by atoms with Crippen LogP contribution in [-0.2, 0) is 22.4 Å². The molecule has 0 saturated heterocycles. The molecule has 1 N–H and O–H groups in total. The summed E-state index contributed by atoms with van der Waals surface area (Å²) in [6.45, 7) is 1.86. The number of ether oxygens (including phenoxy) is 1. The average molecular weight is 396 g/mol. The Morgan fingerprint density at radius 2 is 2.00 bits per heavy atom. The molecule has 0 spiro atoms. The van der Waals surface area contributed by atoms with Crippen molar-refractivity contribution in [3.63, 3.8) is 0 Å². The van der Waals surface area contributed by atoms with E-state index in [0.29, 0.717) is 23.5 Å². The van der Waals surface area contributed by atoms with Crippen molar-refractivity contribution >= 4 is 28.3 Å². The third kappa shape index (κ3) is 3.80. The second-order valence-corrected chi connectivity index (χ2v) is 7.66. The summed E-state index contributed by atoms with van der Waals surface area (Å²) in [6.07, 6.45) is 0.0542. The van der Waals surface area contributed by atoms with Crippen LogP contribution < -0.4 is 5.32 Å². The van der Waals surface area contributed by atoms with Crippen LogP contribution in [0.5, 0.6) is 0 Å². The summed E-state index contributed by atoms with van der Waals surface area (Å²) in [5.41, 5.74) is 3.06. The first kappa shape index (κ1) is 18.3. The van der Waals surface area contributed by atoms with E-state index >= 15 is 0 Å². The van der Waals surface area contributed by atoms with Crippen LogP contribution in [0.15, 0.2) is 48.5 Å². The van der Waals surface area contributed by atoms with E-state index < -0.39 is 18.0 Å². The molecule has 3 aromatic rings. The van der Waals surface area contributed by atoms with Crippen LogP contribution in [0.3, 0.4) is 0 Å². The number of rotatable bonds is 4. The minimum Gasteiger partial charge on any atom is -0.448 e. The topological polar surface area (TPSA) is 68.3 Å². The number of fused-ring (bicyclic) bond motifs is 1. The molecule has 7 heteroatoms. The molecule has 1 aromatic heterocycles. The Kier molecular flexibility index (Phi) is 4.92. The number of hydrogen-bond acceptors (Lipinski definition) is 5. The lowest BCUT2D eigenvalue weighted by Crippen LogP contribution is -2.37. The van der Waals surface area contributed by atoms with Gasteiger partial charge in [-0.05, 0) is 36.2 Å². The van der Waals surface area contributed by atoms with Gasteiger partial charge in [0.05, 0.1) is 11.3 Å². The normalized spacial score (nSPS) is 15.6. The number of amides is 1. The van der Waals surface area contributed by atoms with Crippen LogP contribution in [-0.4, -0.2) is 23.0 Å². The van der Waals surface area contributed by atoms with Crippen molar-refractivity contribution in [2.24, 2.45) is 0 Å². The lowest BCUT2D eigenvalue weighted by Gasteiger charge is -2.23. The molecule has 1 atom stereocenters. The fraction of sp³-hybridized carbons (Fsp3) is 0.190. The van der Waals surface area contributed by atoms with E-state index in [2.05, 4.69) is 10.3 Å². The second kappa shape index (κ2) is 7.52. The van der Waals surface area contributed by atoms with E-state index in [9.17, 15) is 14.0 Å². The van der Waals surface area contributed by atoms with Gasteiger partial charge in [-0.3, -0.25) is 10.1 Å². The smallest absolute Gasteiger partial charge is 0.339 e. The van der Waals surface area contributed by atoms with E-state index in [-0.39, 0.29) is 5.82 Å². The number of esters is 1. The number of carbonyl (C=O) groups is 2. The maximum atomic E-state index is 13.1. The minimum absolute atomic E-state index is 0.277. The molecule has 2 aromatic carbocycles. The molecule has 1 unspecified atom stereocenters. The Morgan fingerprint density at radius 3 is 2.79 bits per heavy atom. The predicted molar refractivity (Wildman–Crippen MR) is 104 cm³/mol. The van der Waals surface area contributed by atoms with Gasteiger partial charge < -0.3 is 4.74 Å². The number of thiazole rings is 1. The molecule has 5 nitrogen and oxygen atoms in total. The molecule has 4 rings (SSSR count). The number of aryl methyl sites for hydroxylation is 1. The summed E-state index contributed by atoms with van der Waals surface area (Å²) in [7, 11) is 0. The average Bonchev–Trinajstić information content (AvgIpc) is 3.02. The highest BCUT2D eigenvalue weighted by Gasteiger charge is 2.31. The van der Waals surface area contributed by atoms with Crippen molar-refractivity contribution in [1.29, 1.82) is 0 Å². The van der Waals surface area contributed by atoms with E-state index in [4.69, 9.17) is 4.74 Å². The van der Waals surface area contributed by atoms with Gasteiger partial charge in [0.15, 0.2) is 11.2 Å². The van der Waals surface area contributed by atoms with Gasteiger partial charge in [-0.1, -0.05) is 30.3 Å². The predicted octanol–water partition coefficient (Wildman–Crippen LogP) is 3.90. The molecule has 0 saturated carbocycles. The molecule has 0 radical (unpaired) electrons. The fourth-order valence-electron chi connectivity index (χ4n) is 3.10. The highest BCUT2D eigenvalue weighted by Crippen LogP contribution is 2.27. The molecule has 2 heterocycles. The van der Waals surface area contributed by atoms with Gasteiger partial charge in [-0.25, -0.2) is 14.2 Å². The van der Waals surface area contributed by atoms with Crippen molar-refractivity contribution in [3.05, 3.63) is 81.6 Å². The number of carbonyl (C=O) groups excluding carboxylic acids is 2. The van der Waals surface area contributed by atoms with Crippen LogP contribution >= 0.6 is 11.3 Å². The van der Waals surface area contributed by atoms with Gasteiger partial charge in [0, 0.05) is 17.7 Å². The number of anilines is 1. The molecule has 0 aliphatic carbocycles. The summed E-state index contributed by atoms with van der Waals surface area (Å²) in [6, 6.07) is 13.4. The number of halogens is 1. The van der Waals surface area contributed by atoms with Gasteiger partial charge >= 0.3 is 5.97 Å². The summed E-state index contributed by atoms with van der Waals surface area (Å²) in [4.78, 5) is 30.0. The van der Waals surface area contributed by atoms with Gasteiger partial charge in [0.1, 0.15) is 5.82 Å². The largest absolute Gasteiger partial charge is 0.448 e. The van der Waals surface area contributed by atoms with Crippen molar-refractivity contribution < 1.29 is 18.7 Å². The Bertz CT molecular complexity index is 1050. The first-order valence-corrected chi connectivity index (χ1v) is 9.62. The first-order valence-electron chi connectivity index (χ1n) is 8.80. The molecular formula is C21H17FN2O3S. The Hall–Kier alpha value is -3.06. The first-order chi connectivity index (χ1) is 13.5. The monoisotopic (exact) mass is 396 g/mol. The van der Waals surface area contributed by atoms with E-state index in [1.54, 1.807) is 24.3 Å². The third-order valence-electron chi connectivity index (χ3n) is 4.59. The lowest BCUT2D eigenvalue weighted by atomic mass is 9.98. The molecule has 0 fully saturated rings. The van der Waals surface area contributed by atoms with Gasteiger partial charge in [-0.2, -0.15) is 0 Å². The van der Waals surface area contributed by atoms with E-state index in [1.807, 2.05) is 19.1 Å². The SMILES string of the molecule is Cc1nc(NC(=O)C2Cc3ccccc3C(=O)O2)sc1Cc1ccc(F)cc1. The zero-order chi connectivity index (χ0) is 19.7. The molecule has 1 amide bonds. The molecule has 1 aliphatic heterocycles. The summed E-state index contributed by atoms with van der Waals surface area (Å²) < 4.78 is 18.3. The standard InChI is InChI=1S/C21H17FN2O3S/c1-12-18(10-13-6-8-15(22)9-7-13)28-21(23-12)24-19(25)17-11-14-4-2-3-5-16(14)20(26)27-17/h2-9,17H,10-11H2,1H3,(H,23,24,25). The van der Waals surface area contributed by atoms with Crippen molar-refractivity contribution in [1.82, 2.24) is 4.98 Å². The number of hydrogen-bond donors (Lipinski definition) is 1. The van der Waals surface area contributed by atoms with Gasteiger partial charge in [-0.15, -0.1) is 11.3 Å². The molecule has 142 valence electrons. The molecule has 28 heavy (non-hydrogen) atoms. The zero-order valence-electron chi connectivity index (χ0n) is 15.1. The van der Waals surface area contributed by atoms with Crippen molar-refractivity contribution in [3.8, 4) is 0 Å². The van der Waals surface area contributed by atoms with Crippen LogP contribution in [0.1, 0.15) is 32.1 Å². The highest BCUT2D eigenvalue weighted by molar-refractivity contribution is 7.15. The maximum Gasteiger partial charge on any atom is 0.339 e. The van der Waals surface area contributed by atoms with Gasteiger partial charge in [0.25, 0.3) is 5.91 Å².